The summed E-state index contributed by atoms with van der Waals surface area (Å²) in [6, 6.07) is 6.31. The maximum absolute atomic E-state index is 13.1. The van der Waals surface area contributed by atoms with Crippen LogP contribution in [0.5, 0.6) is 0 Å². The third kappa shape index (κ3) is 3.98. The molecule has 0 saturated carbocycles. The van der Waals surface area contributed by atoms with Crippen molar-refractivity contribution in [2.24, 2.45) is 0 Å². The molecule has 0 spiro atoms. The molecule has 8 nitrogen and oxygen atoms in total. The summed E-state index contributed by atoms with van der Waals surface area (Å²) >= 11 is 1.56. The fraction of sp³-hybridized carbons (Fsp3) is 0.333. The molecule has 0 aliphatic carbocycles. The molecule has 1 aromatic carbocycles. The average molecular weight is 462 g/mol. The lowest BCUT2D eigenvalue weighted by Gasteiger charge is -2.18. The van der Waals surface area contributed by atoms with E-state index in [0.717, 1.165) is 30.1 Å². The molecule has 4 aromatic rings. The van der Waals surface area contributed by atoms with E-state index < -0.39 is 0 Å². The number of nitrogens with zero attached hydrogens (tertiary/aromatic N) is 5. The van der Waals surface area contributed by atoms with E-state index in [1.165, 1.54) is 11.1 Å². The molecule has 0 saturated heterocycles. The molecule has 0 fully saturated rings. The van der Waals surface area contributed by atoms with Crippen LogP contribution in [0, 0.1) is 0 Å². The maximum atomic E-state index is 13.1. The van der Waals surface area contributed by atoms with Gasteiger partial charge in [-0.2, -0.15) is 4.98 Å². The van der Waals surface area contributed by atoms with Gasteiger partial charge in [0, 0.05) is 29.5 Å². The maximum Gasteiger partial charge on any atom is 0.278 e. The van der Waals surface area contributed by atoms with Crippen molar-refractivity contribution in [1.82, 2.24) is 29.6 Å². The monoisotopic (exact) mass is 461 g/mol. The number of thiazole rings is 1. The number of benzene rings is 1. The first kappa shape index (κ1) is 21.5. The quantitative estimate of drug-likeness (QED) is 0.438. The minimum Gasteiger partial charge on any atom is -0.324 e. The van der Waals surface area contributed by atoms with E-state index in [2.05, 4.69) is 60.1 Å². The molecule has 0 atom stereocenters. The Labute approximate surface area is 196 Å². The highest BCUT2D eigenvalue weighted by molar-refractivity contribution is 7.14. The first-order valence-electron chi connectivity index (χ1n) is 11.0. The van der Waals surface area contributed by atoms with Gasteiger partial charge in [-0.15, -0.1) is 6.58 Å². The fourth-order valence-corrected chi connectivity index (χ4v) is 4.95. The second-order valence-electron chi connectivity index (χ2n) is 9.21. The summed E-state index contributed by atoms with van der Waals surface area (Å²) in [6.45, 7) is 12.5. The SMILES string of the molecule is C=CCn1c(=O)c2cnc(Nc3ccc4c(c3)CCNC4)nc2n1-c1ncc(C(C)(C)C)s1. The van der Waals surface area contributed by atoms with Crippen LogP contribution in [-0.2, 0) is 24.9 Å². The minimum atomic E-state index is -0.162. The van der Waals surface area contributed by atoms with Crippen LogP contribution >= 0.6 is 11.3 Å². The van der Waals surface area contributed by atoms with Gasteiger partial charge in [0.1, 0.15) is 5.39 Å². The summed E-state index contributed by atoms with van der Waals surface area (Å²) < 4.78 is 3.39. The van der Waals surface area contributed by atoms with Crippen molar-refractivity contribution in [2.45, 2.75) is 45.7 Å². The highest BCUT2D eigenvalue weighted by Gasteiger charge is 2.22. The van der Waals surface area contributed by atoms with E-state index in [4.69, 9.17) is 4.98 Å². The van der Waals surface area contributed by atoms with Gasteiger partial charge in [-0.1, -0.05) is 44.3 Å². The van der Waals surface area contributed by atoms with Crippen LogP contribution in [-0.4, -0.2) is 30.9 Å². The molecular formula is C24H27N7OS. The molecule has 1 aliphatic rings. The second kappa shape index (κ2) is 8.24. The Morgan fingerprint density at radius 3 is 2.85 bits per heavy atom. The highest BCUT2D eigenvalue weighted by Crippen LogP contribution is 2.30. The van der Waals surface area contributed by atoms with Crippen LogP contribution in [0.1, 0.15) is 36.8 Å². The Hall–Kier alpha value is -3.30. The van der Waals surface area contributed by atoms with Gasteiger partial charge in [0.05, 0.1) is 6.54 Å². The minimum absolute atomic E-state index is 0.0356. The Morgan fingerprint density at radius 1 is 1.24 bits per heavy atom. The van der Waals surface area contributed by atoms with Gasteiger partial charge in [0.25, 0.3) is 5.56 Å². The molecule has 170 valence electrons. The van der Waals surface area contributed by atoms with E-state index in [1.54, 1.807) is 33.0 Å². The number of rotatable bonds is 5. The zero-order chi connectivity index (χ0) is 23.2. The van der Waals surface area contributed by atoms with Gasteiger partial charge in [-0.3, -0.25) is 4.79 Å². The lowest BCUT2D eigenvalue weighted by Crippen LogP contribution is -2.23. The first-order chi connectivity index (χ1) is 15.8. The van der Waals surface area contributed by atoms with Crippen LogP contribution in [0.3, 0.4) is 0 Å². The van der Waals surface area contributed by atoms with Crippen molar-refractivity contribution in [3.63, 3.8) is 0 Å². The summed E-state index contributed by atoms with van der Waals surface area (Å²) in [5, 5.41) is 7.84. The van der Waals surface area contributed by atoms with E-state index >= 15 is 0 Å². The standard InChI is InChI=1S/C24H27N7OS/c1-5-10-30-21(32)18-13-26-22(28-17-7-6-16-12-25-9-8-15(16)11-17)29-20(18)31(30)23-27-14-19(33-23)24(2,3)4/h5-7,11,13-14,25H,1,8-10,12H2,2-4H3,(H,26,28,29). The van der Waals surface area contributed by atoms with Gasteiger partial charge in [0.15, 0.2) is 5.65 Å². The summed E-state index contributed by atoms with van der Waals surface area (Å²) in [4.78, 5) is 28.0. The van der Waals surface area contributed by atoms with Crippen LogP contribution in [0.2, 0.25) is 0 Å². The highest BCUT2D eigenvalue weighted by atomic mass is 32.1. The van der Waals surface area contributed by atoms with Gasteiger partial charge in [-0.25, -0.2) is 19.3 Å². The molecule has 1 aliphatic heterocycles. The molecule has 33 heavy (non-hydrogen) atoms. The molecule has 0 amide bonds. The average Bonchev–Trinajstić information content (AvgIpc) is 3.38. The van der Waals surface area contributed by atoms with Gasteiger partial charge >= 0.3 is 0 Å². The van der Waals surface area contributed by atoms with Crippen molar-refractivity contribution in [3.8, 4) is 5.13 Å². The Kier molecular flexibility index (Phi) is 5.38. The van der Waals surface area contributed by atoms with Crippen molar-refractivity contribution in [1.29, 1.82) is 0 Å². The third-order valence-corrected chi connectivity index (χ3v) is 7.14. The molecular weight excluding hydrogens is 434 g/mol. The smallest absolute Gasteiger partial charge is 0.278 e. The van der Waals surface area contributed by atoms with Gasteiger partial charge in [-0.05, 0) is 41.6 Å². The number of hydrogen-bond donors (Lipinski definition) is 2. The van der Waals surface area contributed by atoms with Crippen molar-refractivity contribution >= 4 is 34.0 Å². The number of allylic oxidation sites excluding steroid dienone is 1. The molecule has 4 heterocycles. The van der Waals surface area contributed by atoms with Gasteiger partial charge < -0.3 is 10.6 Å². The topological polar surface area (TPSA) is 89.7 Å². The Bertz CT molecular complexity index is 1410. The van der Waals surface area contributed by atoms with E-state index in [-0.39, 0.29) is 11.0 Å². The van der Waals surface area contributed by atoms with E-state index in [9.17, 15) is 4.79 Å². The van der Waals surface area contributed by atoms with E-state index in [1.807, 2.05) is 12.3 Å². The van der Waals surface area contributed by atoms with E-state index in [0.29, 0.717) is 28.7 Å². The number of nitrogens with one attached hydrogen (secondary N) is 2. The number of fused-ring (bicyclic) bond motifs is 2. The van der Waals surface area contributed by atoms with Crippen LogP contribution in [0.15, 0.2) is 48.0 Å². The summed E-state index contributed by atoms with van der Waals surface area (Å²) in [5.74, 6) is 0.438. The first-order valence-corrected chi connectivity index (χ1v) is 11.8. The van der Waals surface area contributed by atoms with Crippen LogP contribution in [0.4, 0.5) is 11.6 Å². The Morgan fingerprint density at radius 2 is 2.09 bits per heavy atom. The zero-order valence-corrected chi connectivity index (χ0v) is 19.9. The lowest BCUT2D eigenvalue weighted by atomic mass is 9.96. The normalized spacial score (nSPS) is 13.8. The third-order valence-electron chi connectivity index (χ3n) is 5.74. The summed E-state index contributed by atoms with van der Waals surface area (Å²) in [6.07, 6.45) is 6.15. The lowest BCUT2D eigenvalue weighted by molar-refractivity contribution is 0.601. The number of hydrogen-bond acceptors (Lipinski definition) is 7. The molecule has 0 radical (unpaired) electrons. The number of anilines is 2. The fourth-order valence-electron chi connectivity index (χ4n) is 3.96. The molecule has 0 bridgehead atoms. The molecule has 5 rings (SSSR count). The molecule has 2 N–H and O–H groups in total. The van der Waals surface area contributed by atoms with Crippen molar-refractivity contribution in [2.75, 3.05) is 11.9 Å². The summed E-state index contributed by atoms with van der Waals surface area (Å²) in [5.41, 5.74) is 3.90. The molecule has 9 heteroatoms. The van der Waals surface area contributed by atoms with Gasteiger partial charge in [0.2, 0.25) is 11.1 Å². The van der Waals surface area contributed by atoms with Crippen LogP contribution < -0.4 is 16.2 Å². The summed E-state index contributed by atoms with van der Waals surface area (Å²) in [7, 11) is 0. The van der Waals surface area contributed by atoms with Crippen molar-refractivity contribution in [3.05, 3.63) is 69.6 Å². The largest absolute Gasteiger partial charge is 0.324 e. The zero-order valence-electron chi connectivity index (χ0n) is 19.1. The van der Waals surface area contributed by atoms with Crippen LogP contribution in [0.25, 0.3) is 16.2 Å². The number of aromatic nitrogens is 5. The predicted molar refractivity (Wildman–Crippen MR) is 133 cm³/mol. The van der Waals surface area contributed by atoms with Crippen molar-refractivity contribution < 1.29 is 0 Å². The second-order valence-corrected chi connectivity index (χ2v) is 10.2. The Balaban J connectivity index is 1.59. The molecule has 0 unspecified atom stereocenters. The predicted octanol–water partition coefficient (Wildman–Crippen LogP) is 3.91. The molecule has 3 aromatic heterocycles.